The minimum atomic E-state index is -0.0393. The molecule has 0 unspecified atom stereocenters. The average Bonchev–Trinajstić information content (AvgIpc) is 3.19. The molecular formula is C26H25ClN2O2S. The van der Waals surface area contributed by atoms with Gasteiger partial charge in [-0.2, -0.15) is 0 Å². The lowest BCUT2D eigenvalue weighted by molar-refractivity contribution is -0.128. The van der Waals surface area contributed by atoms with E-state index in [0.29, 0.717) is 29.4 Å². The molecule has 2 amide bonds. The summed E-state index contributed by atoms with van der Waals surface area (Å²) in [5.74, 6) is 0.616. The Morgan fingerprint density at radius 1 is 1.00 bits per heavy atom. The smallest absolute Gasteiger partial charge is 0.253 e. The van der Waals surface area contributed by atoms with Crippen molar-refractivity contribution in [3.63, 3.8) is 0 Å². The van der Waals surface area contributed by atoms with Crippen LogP contribution in [0.3, 0.4) is 0 Å². The first-order chi connectivity index (χ1) is 15.5. The zero-order valence-electron chi connectivity index (χ0n) is 17.9. The monoisotopic (exact) mass is 464 g/mol. The Labute approximate surface area is 198 Å². The van der Waals surface area contributed by atoms with Crippen molar-refractivity contribution in [3.8, 4) is 0 Å². The molecule has 1 heterocycles. The van der Waals surface area contributed by atoms with Gasteiger partial charge in [0, 0.05) is 30.7 Å². The second-order valence-corrected chi connectivity index (χ2v) is 9.40. The molecule has 3 aromatic carbocycles. The van der Waals surface area contributed by atoms with Gasteiger partial charge in [0.05, 0.1) is 5.75 Å². The Morgan fingerprint density at radius 3 is 2.38 bits per heavy atom. The van der Waals surface area contributed by atoms with Crippen molar-refractivity contribution in [2.45, 2.75) is 18.3 Å². The van der Waals surface area contributed by atoms with Crippen LogP contribution in [-0.4, -0.2) is 41.0 Å². The molecule has 1 fully saturated rings. The SMILES string of the molecule is CN(Cc1ccc(Cl)cc1)C(=O)c1ccc([C@@H]2SCC(=O)N2CCc2ccccc2)cc1. The van der Waals surface area contributed by atoms with Crippen molar-refractivity contribution < 1.29 is 9.59 Å². The van der Waals surface area contributed by atoms with Crippen LogP contribution in [0.2, 0.25) is 5.02 Å². The first-order valence-corrected chi connectivity index (χ1v) is 12.0. The lowest BCUT2D eigenvalue weighted by Gasteiger charge is -2.24. The number of halogens is 1. The summed E-state index contributed by atoms with van der Waals surface area (Å²) in [5.41, 5.74) is 3.93. The van der Waals surface area contributed by atoms with E-state index in [4.69, 9.17) is 11.6 Å². The van der Waals surface area contributed by atoms with Crippen LogP contribution in [-0.2, 0) is 17.8 Å². The van der Waals surface area contributed by atoms with Gasteiger partial charge in [-0.3, -0.25) is 9.59 Å². The van der Waals surface area contributed by atoms with Gasteiger partial charge in [0.1, 0.15) is 5.37 Å². The largest absolute Gasteiger partial charge is 0.337 e. The Hall–Kier alpha value is -2.76. The molecule has 1 aliphatic rings. The molecule has 164 valence electrons. The Balaban J connectivity index is 1.40. The third-order valence-corrected chi connectivity index (χ3v) is 7.08. The van der Waals surface area contributed by atoms with Gasteiger partial charge in [-0.25, -0.2) is 0 Å². The Morgan fingerprint density at radius 2 is 1.69 bits per heavy atom. The number of carbonyl (C=O) groups is 2. The molecule has 0 radical (unpaired) electrons. The fraction of sp³-hybridized carbons (Fsp3) is 0.231. The molecule has 0 spiro atoms. The van der Waals surface area contributed by atoms with Crippen LogP contribution in [0.4, 0.5) is 0 Å². The highest BCUT2D eigenvalue weighted by Gasteiger charge is 2.32. The maximum Gasteiger partial charge on any atom is 0.253 e. The van der Waals surface area contributed by atoms with E-state index in [2.05, 4.69) is 12.1 Å². The number of benzene rings is 3. The summed E-state index contributed by atoms with van der Waals surface area (Å²) in [6.07, 6.45) is 0.829. The predicted octanol–water partition coefficient (Wildman–Crippen LogP) is 5.43. The van der Waals surface area contributed by atoms with Crippen LogP contribution in [0, 0.1) is 0 Å². The van der Waals surface area contributed by atoms with Gasteiger partial charge < -0.3 is 9.80 Å². The summed E-state index contributed by atoms with van der Waals surface area (Å²) in [6.45, 7) is 1.20. The highest BCUT2D eigenvalue weighted by atomic mass is 35.5. The summed E-state index contributed by atoms with van der Waals surface area (Å²) in [6, 6.07) is 25.4. The average molecular weight is 465 g/mol. The maximum atomic E-state index is 12.9. The first kappa shape index (κ1) is 22.4. The summed E-state index contributed by atoms with van der Waals surface area (Å²) >= 11 is 7.58. The summed E-state index contributed by atoms with van der Waals surface area (Å²) in [5, 5.41) is 0.668. The third kappa shape index (κ3) is 5.34. The highest BCUT2D eigenvalue weighted by molar-refractivity contribution is 8.00. The minimum absolute atomic E-state index is 0.0119. The van der Waals surface area contributed by atoms with Crippen LogP contribution in [0.1, 0.15) is 32.4 Å². The van der Waals surface area contributed by atoms with E-state index in [-0.39, 0.29) is 17.2 Å². The van der Waals surface area contributed by atoms with Gasteiger partial charge in [0.2, 0.25) is 5.91 Å². The molecule has 0 aromatic heterocycles. The standard InChI is InChI=1S/C26H25ClN2O2S/c1-28(17-20-7-13-23(27)14-8-20)25(31)21-9-11-22(12-10-21)26-29(24(30)18-32-26)16-15-19-5-3-2-4-6-19/h2-14,26H,15-18H2,1H3/t26-/m0/s1. The van der Waals surface area contributed by atoms with Crippen molar-refractivity contribution in [2.75, 3.05) is 19.3 Å². The van der Waals surface area contributed by atoms with E-state index < -0.39 is 0 Å². The van der Waals surface area contributed by atoms with E-state index >= 15 is 0 Å². The van der Waals surface area contributed by atoms with E-state index in [1.165, 1.54) is 5.56 Å². The van der Waals surface area contributed by atoms with Gasteiger partial charge in [0.25, 0.3) is 5.91 Å². The second-order valence-electron chi connectivity index (χ2n) is 7.90. The number of thioether (sulfide) groups is 1. The molecule has 4 rings (SSSR count). The second kappa shape index (κ2) is 10.2. The molecule has 1 atom stereocenters. The number of hydrogen-bond acceptors (Lipinski definition) is 3. The first-order valence-electron chi connectivity index (χ1n) is 10.6. The molecule has 4 nitrogen and oxygen atoms in total. The third-order valence-electron chi connectivity index (χ3n) is 5.57. The van der Waals surface area contributed by atoms with E-state index in [9.17, 15) is 9.59 Å². The molecule has 0 saturated carbocycles. The normalized spacial score (nSPS) is 15.8. The fourth-order valence-electron chi connectivity index (χ4n) is 3.81. The molecule has 1 aliphatic heterocycles. The molecule has 6 heteroatoms. The van der Waals surface area contributed by atoms with Crippen molar-refractivity contribution in [2.24, 2.45) is 0 Å². The van der Waals surface area contributed by atoms with Gasteiger partial charge in [-0.1, -0.05) is 66.2 Å². The summed E-state index contributed by atoms with van der Waals surface area (Å²) in [7, 11) is 1.79. The predicted molar refractivity (Wildman–Crippen MR) is 131 cm³/mol. The molecule has 1 saturated heterocycles. The maximum absolute atomic E-state index is 12.9. The summed E-state index contributed by atoms with van der Waals surface area (Å²) < 4.78 is 0. The zero-order valence-corrected chi connectivity index (χ0v) is 19.5. The molecular weight excluding hydrogens is 440 g/mol. The number of rotatable bonds is 7. The molecule has 0 bridgehead atoms. The van der Waals surface area contributed by atoms with Crippen molar-refractivity contribution in [1.29, 1.82) is 0 Å². The lowest BCUT2D eigenvalue weighted by Crippen LogP contribution is -2.30. The Bertz CT molecular complexity index is 1070. The Kier molecular flexibility index (Phi) is 7.18. The number of carbonyl (C=O) groups excluding carboxylic acids is 2. The number of hydrogen-bond donors (Lipinski definition) is 0. The van der Waals surface area contributed by atoms with E-state index in [1.807, 2.05) is 71.6 Å². The molecule has 32 heavy (non-hydrogen) atoms. The van der Waals surface area contributed by atoms with E-state index in [1.54, 1.807) is 23.7 Å². The van der Waals surface area contributed by atoms with Gasteiger partial charge in [-0.15, -0.1) is 11.8 Å². The number of amides is 2. The molecule has 3 aromatic rings. The lowest BCUT2D eigenvalue weighted by atomic mass is 10.1. The van der Waals surface area contributed by atoms with E-state index in [0.717, 1.165) is 17.5 Å². The van der Waals surface area contributed by atoms with Gasteiger partial charge in [-0.05, 0) is 47.4 Å². The number of nitrogens with zero attached hydrogens (tertiary/aromatic N) is 2. The summed E-state index contributed by atoms with van der Waals surface area (Å²) in [4.78, 5) is 29.0. The van der Waals surface area contributed by atoms with Gasteiger partial charge >= 0.3 is 0 Å². The van der Waals surface area contributed by atoms with Crippen molar-refractivity contribution in [1.82, 2.24) is 9.80 Å². The highest BCUT2D eigenvalue weighted by Crippen LogP contribution is 2.38. The fourth-order valence-corrected chi connectivity index (χ4v) is 5.16. The topological polar surface area (TPSA) is 40.6 Å². The van der Waals surface area contributed by atoms with Crippen LogP contribution >= 0.6 is 23.4 Å². The molecule has 0 N–H and O–H groups in total. The molecule has 0 aliphatic carbocycles. The van der Waals surface area contributed by atoms with Crippen LogP contribution in [0.15, 0.2) is 78.9 Å². The minimum Gasteiger partial charge on any atom is -0.337 e. The van der Waals surface area contributed by atoms with Crippen molar-refractivity contribution >= 4 is 35.2 Å². The quantitative estimate of drug-likeness (QED) is 0.468. The van der Waals surface area contributed by atoms with Crippen LogP contribution < -0.4 is 0 Å². The van der Waals surface area contributed by atoms with Crippen molar-refractivity contribution in [3.05, 3.63) is 106 Å². The zero-order chi connectivity index (χ0) is 22.5. The van der Waals surface area contributed by atoms with Gasteiger partial charge in [0.15, 0.2) is 0 Å². The van der Waals surface area contributed by atoms with Crippen LogP contribution in [0.25, 0.3) is 0 Å². The van der Waals surface area contributed by atoms with Crippen LogP contribution in [0.5, 0.6) is 0 Å².